The van der Waals surface area contributed by atoms with E-state index < -0.39 is 22.7 Å². The summed E-state index contributed by atoms with van der Waals surface area (Å²) < 4.78 is 19.7. The van der Waals surface area contributed by atoms with Crippen molar-refractivity contribution >= 4 is 50.9 Å². The highest BCUT2D eigenvalue weighted by molar-refractivity contribution is 9.10. The Morgan fingerprint density at radius 2 is 2.07 bits per heavy atom. The first kappa shape index (κ1) is 19.1. The Morgan fingerprint density at radius 3 is 2.67 bits per heavy atom. The number of benzene rings is 1. The summed E-state index contributed by atoms with van der Waals surface area (Å²) in [6, 6.07) is 1.35. The number of aromatic nitrogens is 2. The molecule has 0 saturated carbocycles. The largest absolute Gasteiger partial charge is 0.502 e. The van der Waals surface area contributed by atoms with Crippen molar-refractivity contribution in [1.82, 2.24) is 14.9 Å². The highest BCUT2D eigenvalue weighted by Gasteiger charge is 2.32. The van der Waals surface area contributed by atoms with Crippen molar-refractivity contribution in [2.75, 3.05) is 12.8 Å². The van der Waals surface area contributed by atoms with Gasteiger partial charge in [-0.05, 0) is 45.4 Å². The number of phenolic OH excluding ortho intramolecular Hbond substituents is 1. The van der Waals surface area contributed by atoms with Gasteiger partial charge >= 0.3 is 0 Å². The fourth-order valence-electron chi connectivity index (χ4n) is 2.11. The third kappa shape index (κ3) is 3.88. The first-order valence-corrected chi connectivity index (χ1v) is 9.00. The normalized spacial score (nSPS) is 15.7. The molecule has 0 atom stereocenters. The van der Waals surface area contributed by atoms with Gasteiger partial charge in [-0.3, -0.25) is 14.5 Å². The zero-order valence-corrected chi connectivity index (χ0v) is 16.2. The maximum Gasteiger partial charge on any atom is 0.293 e. The van der Waals surface area contributed by atoms with Crippen molar-refractivity contribution in [2.24, 2.45) is 0 Å². The molecule has 2 aromatic rings. The predicted octanol–water partition coefficient (Wildman–Crippen LogP) is 2.91. The maximum absolute atomic E-state index is 14.3. The lowest BCUT2D eigenvalue weighted by Gasteiger charge is -2.12. The fraction of sp³-hybridized carbons (Fsp3) is 0.125. The maximum atomic E-state index is 14.3. The summed E-state index contributed by atoms with van der Waals surface area (Å²) in [5, 5.41) is 9.56. The Labute approximate surface area is 165 Å². The van der Waals surface area contributed by atoms with E-state index in [-0.39, 0.29) is 33.2 Å². The van der Waals surface area contributed by atoms with Gasteiger partial charge in [-0.2, -0.15) is 0 Å². The molecule has 1 aliphatic heterocycles. The summed E-state index contributed by atoms with van der Waals surface area (Å²) in [6.07, 6.45) is 4.22. The van der Waals surface area contributed by atoms with Gasteiger partial charge < -0.3 is 15.6 Å². The number of carbonyl (C=O) groups is 2. The van der Waals surface area contributed by atoms with Crippen LogP contribution < -0.4 is 10.5 Å². The molecular weight excluding hydrogens is 443 g/mol. The van der Waals surface area contributed by atoms with E-state index in [1.165, 1.54) is 31.6 Å². The number of carbonyl (C=O) groups excluding carboxylic acids is 2. The third-order valence-electron chi connectivity index (χ3n) is 3.57. The number of nitrogens with zero attached hydrogens (tertiary/aromatic N) is 3. The van der Waals surface area contributed by atoms with Crippen LogP contribution in [0.15, 0.2) is 27.8 Å². The molecule has 0 aliphatic carbocycles. The lowest BCUT2D eigenvalue weighted by Crippen LogP contribution is -2.22. The van der Waals surface area contributed by atoms with Gasteiger partial charge in [0.25, 0.3) is 11.1 Å². The van der Waals surface area contributed by atoms with Gasteiger partial charge in [0, 0.05) is 25.0 Å². The second-order valence-corrected chi connectivity index (χ2v) is 7.21. The molecule has 1 aliphatic rings. The van der Waals surface area contributed by atoms with E-state index in [1.54, 1.807) is 0 Å². The Kier molecular flexibility index (Phi) is 5.33. The molecule has 1 aromatic heterocycles. The zero-order valence-electron chi connectivity index (χ0n) is 13.8. The smallest absolute Gasteiger partial charge is 0.293 e. The second-order valence-electron chi connectivity index (χ2n) is 5.42. The van der Waals surface area contributed by atoms with Gasteiger partial charge in [0.05, 0.1) is 9.38 Å². The number of hydrogen-bond donors (Lipinski definition) is 2. The molecule has 140 valence electrons. The van der Waals surface area contributed by atoms with E-state index in [0.29, 0.717) is 5.56 Å². The average Bonchev–Trinajstić information content (AvgIpc) is 2.89. The Morgan fingerprint density at radius 1 is 1.41 bits per heavy atom. The zero-order chi connectivity index (χ0) is 19.7. The van der Waals surface area contributed by atoms with Crippen molar-refractivity contribution in [3.63, 3.8) is 0 Å². The van der Waals surface area contributed by atoms with E-state index in [1.807, 2.05) is 0 Å². The summed E-state index contributed by atoms with van der Waals surface area (Å²) >= 11 is 3.77. The quantitative estimate of drug-likeness (QED) is 0.676. The van der Waals surface area contributed by atoms with Gasteiger partial charge in [-0.25, -0.2) is 14.4 Å². The highest BCUT2D eigenvalue weighted by atomic mass is 79.9. The summed E-state index contributed by atoms with van der Waals surface area (Å²) in [6.45, 7) is -0.0418. The Balaban J connectivity index is 1.91. The second kappa shape index (κ2) is 7.53. The van der Waals surface area contributed by atoms with E-state index in [2.05, 4.69) is 25.9 Å². The fourth-order valence-corrected chi connectivity index (χ4v) is 3.35. The number of nitrogens with two attached hydrogens (primary N) is 1. The molecule has 0 spiro atoms. The van der Waals surface area contributed by atoms with Crippen LogP contribution in [0, 0.1) is 5.82 Å². The minimum atomic E-state index is -0.956. The van der Waals surface area contributed by atoms with Crippen molar-refractivity contribution in [3.8, 4) is 11.5 Å². The van der Waals surface area contributed by atoms with Crippen LogP contribution >= 0.6 is 27.7 Å². The minimum Gasteiger partial charge on any atom is -0.502 e. The molecule has 8 nitrogen and oxygen atoms in total. The lowest BCUT2D eigenvalue weighted by atomic mass is 10.1. The lowest BCUT2D eigenvalue weighted by molar-refractivity contribution is -0.121. The van der Waals surface area contributed by atoms with Crippen LogP contribution in [0.3, 0.4) is 0 Å². The molecule has 11 heteroatoms. The SMILES string of the molecule is CN1C(=O)S/C(=C\c2cc(OCc3cnc(N)nc3)c(O)c(F)c2Br)C1=O. The van der Waals surface area contributed by atoms with Gasteiger partial charge in [-0.15, -0.1) is 0 Å². The Hall–Kier alpha value is -2.66. The molecular formula is C16H12BrFN4O4S. The first-order chi connectivity index (χ1) is 12.8. The third-order valence-corrected chi connectivity index (χ3v) is 5.33. The number of likely N-dealkylation sites (N-methyl/N-ethyl adjacent to an activating group) is 1. The van der Waals surface area contributed by atoms with Crippen LogP contribution in [0.25, 0.3) is 6.08 Å². The molecule has 1 fully saturated rings. The van der Waals surface area contributed by atoms with Crippen LogP contribution in [-0.2, 0) is 11.4 Å². The van der Waals surface area contributed by atoms with Gasteiger partial charge in [0.1, 0.15) is 6.61 Å². The molecule has 2 heterocycles. The first-order valence-electron chi connectivity index (χ1n) is 7.39. The monoisotopic (exact) mass is 454 g/mol. The number of thioether (sulfide) groups is 1. The van der Waals surface area contributed by atoms with Crippen molar-refractivity contribution in [2.45, 2.75) is 6.61 Å². The van der Waals surface area contributed by atoms with Gasteiger partial charge in [-0.1, -0.05) is 0 Å². The number of imide groups is 1. The molecule has 1 saturated heterocycles. The van der Waals surface area contributed by atoms with Crippen molar-refractivity contribution in [1.29, 1.82) is 0 Å². The predicted molar refractivity (Wildman–Crippen MR) is 100 cm³/mol. The standard InChI is InChI=1S/C16H12BrFN4O4S/c1-22-14(24)10(27-16(22)25)3-8-2-9(13(23)12(18)11(8)17)26-6-7-4-20-15(19)21-5-7/h2-5,23H,6H2,1H3,(H2,19,20,21)/b10-3-. The van der Waals surface area contributed by atoms with Crippen LogP contribution in [0.2, 0.25) is 0 Å². The summed E-state index contributed by atoms with van der Waals surface area (Å²) in [7, 11) is 1.36. The summed E-state index contributed by atoms with van der Waals surface area (Å²) in [5.41, 5.74) is 6.19. The highest BCUT2D eigenvalue weighted by Crippen LogP contribution is 2.40. The molecule has 0 radical (unpaired) electrons. The molecule has 3 N–H and O–H groups in total. The average molecular weight is 455 g/mol. The number of hydrogen-bond acceptors (Lipinski definition) is 8. The summed E-state index contributed by atoms with van der Waals surface area (Å²) in [5.74, 6) is -2.19. The molecule has 0 bridgehead atoms. The van der Waals surface area contributed by atoms with Crippen LogP contribution in [0.1, 0.15) is 11.1 Å². The van der Waals surface area contributed by atoms with Crippen LogP contribution in [-0.4, -0.2) is 38.2 Å². The number of phenols is 1. The number of nitrogen functional groups attached to an aromatic ring is 1. The van der Waals surface area contributed by atoms with E-state index in [0.717, 1.165) is 16.7 Å². The van der Waals surface area contributed by atoms with Crippen molar-refractivity contribution in [3.05, 3.63) is 44.8 Å². The molecule has 3 rings (SSSR count). The molecule has 2 amide bonds. The number of rotatable bonds is 4. The summed E-state index contributed by atoms with van der Waals surface area (Å²) in [4.78, 5) is 32.3. The topological polar surface area (TPSA) is 119 Å². The molecule has 27 heavy (non-hydrogen) atoms. The van der Waals surface area contributed by atoms with Crippen LogP contribution in [0.4, 0.5) is 15.1 Å². The number of halogens is 2. The number of aromatic hydroxyl groups is 1. The molecule has 1 aromatic carbocycles. The van der Waals surface area contributed by atoms with Gasteiger partial charge in [0.2, 0.25) is 5.95 Å². The van der Waals surface area contributed by atoms with E-state index in [9.17, 15) is 19.1 Å². The molecule has 0 unspecified atom stereocenters. The van der Waals surface area contributed by atoms with E-state index >= 15 is 0 Å². The number of amides is 2. The number of ether oxygens (including phenoxy) is 1. The van der Waals surface area contributed by atoms with E-state index in [4.69, 9.17) is 10.5 Å². The number of anilines is 1. The van der Waals surface area contributed by atoms with Crippen molar-refractivity contribution < 1.29 is 23.8 Å². The van der Waals surface area contributed by atoms with Crippen LogP contribution in [0.5, 0.6) is 11.5 Å². The minimum absolute atomic E-state index is 0.0418. The van der Waals surface area contributed by atoms with Gasteiger partial charge in [0.15, 0.2) is 17.3 Å². The Bertz CT molecular complexity index is 968.